The highest BCUT2D eigenvalue weighted by atomic mass is 32.2. The Morgan fingerprint density at radius 1 is 1.19 bits per heavy atom. The highest BCUT2D eigenvalue weighted by molar-refractivity contribution is 7.88. The van der Waals surface area contributed by atoms with Gasteiger partial charge in [0.05, 0.1) is 43.1 Å². The largest absolute Gasteiger partial charge is 0.376 e. The molecule has 4 heterocycles. The minimum atomic E-state index is -3.34. The first kappa shape index (κ1) is 22.1. The Labute approximate surface area is 182 Å². The van der Waals surface area contributed by atoms with Gasteiger partial charge in [-0.1, -0.05) is 0 Å². The number of nitrogens with one attached hydrogen (secondary N) is 1. The summed E-state index contributed by atoms with van der Waals surface area (Å²) in [6.07, 6.45) is 6.68. The molecule has 2 aliphatic heterocycles. The van der Waals surface area contributed by atoms with Crippen molar-refractivity contribution in [3.8, 4) is 0 Å². The third-order valence-corrected chi connectivity index (χ3v) is 6.91. The number of aryl methyl sites for hydroxylation is 1. The molecular formula is C20H29FN6O3S. The number of rotatable bonds is 6. The number of aromatic nitrogens is 4. The predicted molar refractivity (Wildman–Crippen MR) is 114 cm³/mol. The molecule has 2 atom stereocenters. The summed E-state index contributed by atoms with van der Waals surface area (Å²) >= 11 is 0. The minimum absolute atomic E-state index is 0.0544. The van der Waals surface area contributed by atoms with E-state index in [4.69, 9.17) is 4.74 Å². The Kier molecular flexibility index (Phi) is 6.27. The van der Waals surface area contributed by atoms with E-state index in [1.165, 1.54) is 18.6 Å². The number of anilines is 1. The summed E-state index contributed by atoms with van der Waals surface area (Å²) < 4.78 is 47.8. The molecule has 9 nitrogen and oxygen atoms in total. The minimum Gasteiger partial charge on any atom is -0.376 e. The van der Waals surface area contributed by atoms with Gasteiger partial charge in [-0.25, -0.2) is 27.5 Å². The molecule has 0 aromatic carbocycles. The van der Waals surface area contributed by atoms with Gasteiger partial charge >= 0.3 is 0 Å². The van der Waals surface area contributed by atoms with E-state index in [-0.39, 0.29) is 18.2 Å². The van der Waals surface area contributed by atoms with Gasteiger partial charge in [-0.3, -0.25) is 4.68 Å². The SMILES string of the molecule is Cc1nn2c(c1C)CCC(NS(C)(=O)=O)C2COC1CCN(c2ncc(F)cn2)CC1. The van der Waals surface area contributed by atoms with Crippen LogP contribution >= 0.6 is 0 Å². The van der Waals surface area contributed by atoms with Crippen LogP contribution in [0.3, 0.4) is 0 Å². The van der Waals surface area contributed by atoms with Crippen LogP contribution in [0.5, 0.6) is 0 Å². The fraction of sp³-hybridized carbons (Fsp3) is 0.650. The molecule has 0 bridgehead atoms. The van der Waals surface area contributed by atoms with Crippen molar-refractivity contribution in [3.05, 3.63) is 35.2 Å². The van der Waals surface area contributed by atoms with Crippen molar-refractivity contribution in [3.63, 3.8) is 0 Å². The zero-order valence-electron chi connectivity index (χ0n) is 18.1. The number of nitrogens with zero attached hydrogens (tertiary/aromatic N) is 5. The molecule has 0 saturated carbocycles. The standard InChI is InChI=1S/C20H29FN6O3S/c1-13-14(2)24-27-18(13)5-4-17(25-31(3,28)29)19(27)12-30-16-6-8-26(9-7-16)20-22-10-15(21)11-23-20/h10-11,16-17,19,25H,4-9,12H2,1-3H3. The van der Waals surface area contributed by atoms with E-state index < -0.39 is 15.8 Å². The Bertz CT molecular complexity index is 1020. The smallest absolute Gasteiger partial charge is 0.225 e. The number of halogens is 1. The summed E-state index contributed by atoms with van der Waals surface area (Å²) in [6, 6.07) is -0.446. The lowest BCUT2D eigenvalue weighted by molar-refractivity contribution is 0.00598. The monoisotopic (exact) mass is 452 g/mol. The van der Waals surface area contributed by atoms with Gasteiger partial charge in [0.15, 0.2) is 5.82 Å². The number of sulfonamides is 1. The number of hydrogen-bond donors (Lipinski definition) is 1. The normalized spacial score (nSPS) is 22.5. The molecule has 2 unspecified atom stereocenters. The fourth-order valence-corrected chi connectivity index (χ4v) is 5.26. The molecule has 0 radical (unpaired) electrons. The lowest BCUT2D eigenvalue weighted by Crippen LogP contribution is -2.47. The molecule has 2 aliphatic rings. The maximum atomic E-state index is 13.0. The fourth-order valence-electron chi connectivity index (χ4n) is 4.43. The number of piperidine rings is 1. The van der Waals surface area contributed by atoms with Crippen LogP contribution in [0.15, 0.2) is 12.4 Å². The Morgan fingerprint density at radius 2 is 1.87 bits per heavy atom. The summed E-state index contributed by atoms with van der Waals surface area (Å²) in [5.74, 6) is 0.0758. The van der Waals surface area contributed by atoms with Crippen molar-refractivity contribution in [2.24, 2.45) is 0 Å². The van der Waals surface area contributed by atoms with Crippen molar-refractivity contribution >= 4 is 16.0 Å². The van der Waals surface area contributed by atoms with E-state index in [1.54, 1.807) is 0 Å². The van der Waals surface area contributed by atoms with Crippen molar-refractivity contribution in [2.75, 3.05) is 30.9 Å². The van der Waals surface area contributed by atoms with Crippen LogP contribution in [0.4, 0.5) is 10.3 Å². The number of hydrogen-bond acceptors (Lipinski definition) is 7. The molecule has 1 N–H and O–H groups in total. The van der Waals surface area contributed by atoms with Crippen LogP contribution in [0.1, 0.15) is 42.3 Å². The van der Waals surface area contributed by atoms with Crippen LogP contribution in [0.2, 0.25) is 0 Å². The predicted octanol–water partition coefficient (Wildman–Crippen LogP) is 1.52. The van der Waals surface area contributed by atoms with E-state index >= 15 is 0 Å². The average molecular weight is 453 g/mol. The molecule has 2 aromatic rings. The van der Waals surface area contributed by atoms with Gasteiger partial charge in [0.2, 0.25) is 16.0 Å². The molecule has 1 saturated heterocycles. The first-order valence-corrected chi connectivity index (χ1v) is 12.5. The van der Waals surface area contributed by atoms with Gasteiger partial charge in [0.1, 0.15) is 0 Å². The summed E-state index contributed by atoms with van der Waals surface area (Å²) in [5, 5.41) is 4.68. The van der Waals surface area contributed by atoms with Gasteiger partial charge in [-0.2, -0.15) is 5.10 Å². The number of ether oxygens (including phenoxy) is 1. The summed E-state index contributed by atoms with van der Waals surface area (Å²) in [7, 11) is -3.34. The van der Waals surface area contributed by atoms with Gasteiger partial charge in [0, 0.05) is 24.8 Å². The molecule has 0 spiro atoms. The van der Waals surface area contributed by atoms with E-state index in [2.05, 4.69) is 26.7 Å². The quantitative estimate of drug-likeness (QED) is 0.709. The molecule has 11 heteroatoms. The van der Waals surface area contributed by atoms with E-state index in [0.717, 1.165) is 49.3 Å². The van der Waals surface area contributed by atoms with Crippen LogP contribution in [0.25, 0.3) is 0 Å². The summed E-state index contributed by atoms with van der Waals surface area (Å²) in [4.78, 5) is 10.1. The summed E-state index contributed by atoms with van der Waals surface area (Å²) in [6.45, 7) is 5.86. The third-order valence-electron chi connectivity index (χ3n) is 6.18. The van der Waals surface area contributed by atoms with Crippen LogP contribution < -0.4 is 9.62 Å². The average Bonchev–Trinajstić information content (AvgIpc) is 3.01. The summed E-state index contributed by atoms with van der Waals surface area (Å²) in [5.41, 5.74) is 3.28. The van der Waals surface area contributed by atoms with E-state index in [9.17, 15) is 12.8 Å². The van der Waals surface area contributed by atoms with E-state index in [0.29, 0.717) is 19.0 Å². The molecule has 31 heavy (non-hydrogen) atoms. The van der Waals surface area contributed by atoms with Gasteiger partial charge < -0.3 is 9.64 Å². The molecule has 0 aliphatic carbocycles. The molecule has 0 amide bonds. The Morgan fingerprint density at radius 3 is 2.52 bits per heavy atom. The molecule has 1 fully saturated rings. The lowest BCUT2D eigenvalue weighted by Gasteiger charge is -2.36. The zero-order valence-corrected chi connectivity index (χ0v) is 18.9. The topological polar surface area (TPSA) is 102 Å². The highest BCUT2D eigenvalue weighted by Crippen LogP contribution is 2.30. The second-order valence-electron chi connectivity index (χ2n) is 8.43. The molecular weight excluding hydrogens is 423 g/mol. The number of fused-ring (bicyclic) bond motifs is 1. The first-order valence-electron chi connectivity index (χ1n) is 10.6. The first-order chi connectivity index (χ1) is 14.7. The van der Waals surface area contributed by atoms with Crippen LogP contribution in [-0.2, 0) is 21.2 Å². The Hall–Kier alpha value is -2.11. The van der Waals surface area contributed by atoms with Crippen molar-refractivity contribution < 1.29 is 17.5 Å². The Balaban J connectivity index is 1.41. The molecule has 4 rings (SSSR count). The van der Waals surface area contributed by atoms with Gasteiger partial charge in [-0.15, -0.1) is 0 Å². The zero-order chi connectivity index (χ0) is 22.2. The second-order valence-corrected chi connectivity index (χ2v) is 10.2. The highest BCUT2D eigenvalue weighted by Gasteiger charge is 2.34. The van der Waals surface area contributed by atoms with Crippen molar-refractivity contribution in [1.29, 1.82) is 0 Å². The van der Waals surface area contributed by atoms with Crippen LogP contribution in [0, 0.1) is 19.7 Å². The van der Waals surface area contributed by atoms with Crippen molar-refractivity contribution in [2.45, 2.75) is 57.7 Å². The van der Waals surface area contributed by atoms with Gasteiger partial charge in [-0.05, 0) is 45.1 Å². The third kappa shape index (κ3) is 5.04. The molecule has 170 valence electrons. The maximum absolute atomic E-state index is 13.0. The molecule has 2 aromatic heterocycles. The second kappa shape index (κ2) is 8.79. The van der Waals surface area contributed by atoms with Gasteiger partial charge in [0.25, 0.3) is 0 Å². The lowest BCUT2D eigenvalue weighted by atomic mass is 9.96. The van der Waals surface area contributed by atoms with Crippen LogP contribution in [-0.4, -0.2) is 66.3 Å². The van der Waals surface area contributed by atoms with E-state index in [1.807, 2.05) is 16.5 Å². The van der Waals surface area contributed by atoms with Crippen molar-refractivity contribution in [1.82, 2.24) is 24.5 Å². The maximum Gasteiger partial charge on any atom is 0.225 e.